The number of benzene rings is 1. The number of halogens is 5. The van der Waals surface area contributed by atoms with Crippen LogP contribution in [-0.2, 0) is 14.3 Å². The van der Waals surface area contributed by atoms with E-state index in [1.807, 2.05) is 0 Å². The maximum absolute atomic E-state index is 14.7. The Morgan fingerprint density at radius 1 is 1.19 bits per heavy atom. The van der Waals surface area contributed by atoms with E-state index in [4.69, 9.17) is 24.1 Å². The van der Waals surface area contributed by atoms with Crippen molar-refractivity contribution in [2.75, 3.05) is 38.9 Å². The SMILES string of the molecule is COCCOc1cc(NC(=O)[C@@H]2O[C@@](C)(C(F)(F)F)[C@@H](C)[C@H]2c2ccc(F)c(F)c2OCCO)ccn1. The summed E-state index contributed by atoms with van der Waals surface area (Å²) in [5, 5.41) is 11.6. The van der Waals surface area contributed by atoms with Crippen molar-refractivity contribution in [3.8, 4) is 11.6 Å². The van der Waals surface area contributed by atoms with E-state index in [9.17, 15) is 26.7 Å². The minimum atomic E-state index is -4.90. The first-order chi connectivity index (χ1) is 17.4. The van der Waals surface area contributed by atoms with E-state index in [-0.39, 0.29) is 30.3 Å². The van der Waals surface area contributed by atoms with E-state index in [1.165, 1.54) is 32.4 Å². The van der Waals surface area contributed by atoms with Gasteiger partial charge in [-0.05, 0) is 19.1 Å². The Morgan fingerprint density at radius 3 is 2.57 bits per heavy atom. The number of alkyl halides is 3. The second kappa shape index (κ2) is 11.6. The van der Waals surface area contributed by atoms with Gasteiger partial charge in [-0.25, -0.2) is 9.37 Å². The number of amides is 1. The van der Waals surface area contributed by atoms with Crippen LogP contribution in [0.3, 0.4) is 0 Å². The molecule has 1 aromatic carbocycles. The minimum absolute atomic E-state index is 0.132. The summed E-state index contributed by atoms with van der Waals surface area (Å²) in [6.45, 7) is 1.43. The van der Waals surface area contributed by atoms with Gasteiger partial charge in [0.2, 0.25) is 11.7 Å². The fourth-order valence-corrected chi connectivity index (χ4v) is 4.14. The maximum atomic E-state index is 14.7. The molecule has 0 unspecified atom stereocenters. The first kappa shape index (κ1) is 28.5. The van der Waals surface area contributed by atoms with Crippen LogP contribution < -0.4 is 14.8 Å². The number of aliphatic hydroxyl groups is 1. The van der Waals surface area contributed by atoms with E-state index >= 15 is 0 Å². The molecule has 1 aliphatic rings. The molecule has 0 radical (unpaired) electrons. The molecule has 0 aliphatic carbocycles. The lowest BCUT2D eigenvalue weighted by molar-refractivity contribution is -0.272. The van der Waals surface area contributed by atoms with Crippen LogP contribution in [-0.4, -0.2) is 67.4 Å². The first-order valence-corrected chi connectivity index (χ1v) is 11.3. The standard InChI is InChI=1S/C24H27F5N2O6/c1-13-18(15-4-5-16(25)19(26)20(15)36-9-8-32)21(37-23(13,2)24(27,28)29)22(33)31-14-6-7-30-17(12-14)35-11-10-34-3/h4-7,12-13,18,21,32H,8-11H2,1-3H3,(H,30,31,33)/t13-,18-,21+,23+/m0/s1. The lowest BCUT2D eigenvalue weighted by Gasteiger charge is -2.32. The molecule has 0 spiro atoms. The van der Waals surface area contributed by atoms with Gasteiger partial charge in [0.25, 0.3) is 5.91 Å². The Morgan fingerprint density at radius 2 is 1.92 bits per heavy atom. The number of aromatic nitrogens is 1. The zero-order chi connectivity index (χ0) is 27.4. The van der Waals surface area contributed by atoms with Gasteiger partial charge in [-0.2, -0.15) is 17.6 Å². The highest BCUT2D eigenvalue weighted by Gasteiger charge is 2.65. The molecule has 2 aromatic rings. The maximum Gasteiger partial charge on any atom is 0.417 e. The van der Waals surface area contributed by atoms with Crippen molar-refractivity contribution in [2.24, 2.45) is 5.92 Å². The quantitative estimate of drug-likeness (QED) is 0.353. The van der Waals surface area contributed by atoms with Gasteiger partial charge in [0.05, 0.1) is 13.2 Å². The lowest BCUT2D eigenvalue weighted by Crippen LogP contribution is -2.47. The molecule has 0 bridgehead atoms. The molecule has 204 valence electrons. The third-order valence-corrected chi connectivity index (χ3v) is 6.24. The highest BCUT2D eigenvalue weighted by atomic mass is 19.4. The van der Waals surface area contributed by atoms with Crippen LogP contribution in [0.2, 0.25) is 0 Å². The summed E-state index contributed by atoms with van der Waals surface area (Å²) in [5.74, 6) is -7.10. The molecule has 37 heavy (non-hydrogen) atoms. The molecule has 1 saturated heterocycles. The fourth-order valence-electron chi connectivity index (χ4n) is 4.14. The van der Waals surface area contributed by atoms with Crippen LogP contribution in [0.25, 0.3) is 0 Å². The third kappa shape index (κ3) is 5.94. The van der Waals surface area contributed by atoms with Gasteiger partial charge in [-0.15, -0.1) is 0 Å². The summed E-state index contributed by atoms with van der Waals surface area (Å²) in [7, 11) is 1.48. The predicted molar refractivity (Wildman–Crippen MR) is 120 cm³/mol. The zero-order valence-electron chi connectivity index (χ0n) is 20.3. The minimum Gasteiger partial charge on any atom is -0.488 e. The topological polar surface area (TPSA) is 99.1 Å². The number of methoxy groups -OCH3 is 1. The average Bonchev–Trinajstić information content (AvgIpc) is 3.12. The number of rotatable bonds is 10. The molecular formula is C24H27F5N2O6. The van der Waals surface area contributed by atoms with Crippen LogP contribution in [0.15, 0.2) is 30.5 Å². The van der Waals surface area contributed by atoms with Gasteiger partial charge in [-0.3, -0.25) is 4.79 Å². The van der Waals surface area contributed by atoms with E-state index in [1.54, 1.807) is 0 Å². The number of carbonyl (C=O) groups is 1. The van der Waals surface area contributed by atoms with Crippen molar-refractivity contribution < 1.29 is 50.8 Å². The predicted octanol–water partition coefficient (Wildman–Crippen LogP) is 3.83. The van der Waals surface area contributed by atoms with Crippen LogP contribution in [0.4, 0.5) is 27.6 Å². The van der Waals surface area contributed by atoms with Crippen LogP contribution in [0.1, 0.15) is 25.3 Å². The van der Waals surface area contributed by atoms with Crippen LogP contribution in [0.5, 0.6) is 11.6 Å². The van der Waals surface area contributed by atoms with Crippen molar-refractivity contribution in [2.45, 2.75) is 37.6 Å². The molecule has 1 aliphatic heterocycles. The molecule has 1 amide bonds. The number of hydrogen-bond acceptors (Lipinski definition) is 7. The van der Waals surface area contributed by atoms with E-state index in [2.05, 4.69) is 10.3 Å². The number of nitrogens with zero attached hydrogens (tertiary/aromatic N) is 1. The number of ether oxygens (including phenoxy) is 4. The van der Waals surface area contributed by atoms with Gasteiger partial charge >= 0.3 is 6.18 Å². The first-order valence-electron chi connectivity index (χ1n) is 11.3. The molecule has 13 heteroatoms. The fraction of sp³-hybridized carbons (Fsp3) is 0.500. The Bertz CT molecular complexity index is 1100. The monoisotopic (exact) mass is 534 g/mol. The van der Waals surface area contributed by atoms with Gasteiger partial charge in [0.1, 0.15) is 19.3 Å². The van der Waals surface area contributed by atoms with Crippen molar-refractivity contribution in [3.05, 3.63) is 47.7 Å². The molecular weight excluding hydrogens is 507 g/mol. The zero-order valence-corrected chi connectivity index (χ0v) is 20.3. The number of anilines is 1. The normalized spacial score (nSPS) is 23.6. The average molecular weight is 534 g/mol. The summed E-state index contributed by atoms with van der Waals surface area (Å²) in [6, 6.07) is 4.53. The molecule has 1 fully saturated rings. The van der Waals surface area contributed by atoms with Crippen molar-refractivity contribution >= 4 is 11.6 Å². The summed E-state index contributed by atoms with van der Waals surface area (Å²) >= 11 is 0. The third-order valence-electron chi connectivity index (χ3n) is 6.24. The van der Waals surface area contributed by atoms with E-state index in [0.717, 1.165) is 19.1 Å². The number of pyridine rings is 1. The summed E-state index contributed by atoms with van der Waals surface area (Å²) in [6.07, 6.45) is -5.35. The lowest BCUT2D eigenvalue weighted by atomic mass is 9.77. The molecule has 0 saturated carbocycles. The second-order valence-corrected chi connectivity index (χ2v) is 8.52. The van der Waals surface area contributed by atoms with Gasteiger partial charge in [0, 0.05) is 42.5 Å². The smallest absolute Gasteiger partial charge is 0.417 e. The van der Waals surface area contributed by atoms with Crippen molar-refractivity contribution in [1.82, 2.24) is 4.98 Å². The largest absolute Gasteiger partial charge is 0.488 e. The van der Waals surface area contributed by atoms with E-state index in [0.29, 0.717) is 0 Å². The van der Waals surface area contributed by atoms with Gasteiger partial charge < -0.3 is 29.4 Å². The van der Waals surface area contributed by atoms with Crippen molar-refractivity contribution in [1.29, 1.82) is 0 Å². The van der Waals surface area contributed by atoms with Gasteiger partial charge in [-0.1, -0.05) is 13.0 Å². The van der Waals surface area contributed by atoms with Crippen LogP contribution in [0, 0.1) is 17.6 Å². The number of carbonyl (C=O) groups excluding carboxylic acids is 1. The molecule has 2 N–H and O–H groups in total. The molecule has 1 aromatic heterocycles. The Hall–Kier alpha value is -3.03. The highest BCUT2D eigenvalue weighted by molar-refractivity contribution is 5.95. The summed E-state index contributed by atoms with van der Waals surface area (Å²) in [5.41, 5.74) is -2.85. The van der Waals surface area contributed by atoms with Crippen LogP contribution >= 0.6 is 0 Å². The molecule has 4 atom stereocenters. The Balaban J connectivity index is 2.00. The summed E-state index contributed by atoms with van der Waals surface area (Å²) < 4.78 is 91.7. The Labute approximate surface area is 209 Å². The highest BCUT2D eigenvalue weighted by Crippen LogP contribution is 2.55. The Kier molecular flexibility index (Phi) is 8.92. The molecule has 3 rings (SSSR count). The number of nitrogens with one attached hydrogen (secondary N) is 1. The van der Waals surface area contributed by atoms with E-state index < -0.39 is 66.2 Å². The van der Waals surface area contributed by atoms with Gasteiger partial charge in [0.15, 0.2) is 17.2 Å². The molecule has 2 heterocycles. The second-order valence-electron chi connectivity index (χ2n) is 8.52. The molecule has 8 nitrogen and oxygen atoms in total. The summed E-state index contributed by atoms with van der Waals surface area (Å²) in [4.78, 5) is 17.3. The number of hydrogen-bond donors (Lipinski definition) is 2. The number of aliphatic hydroxyl groups excluding tert-OH is 1. The van der Waals surface area contributed by atoms with Crippen molar-refractivity contribution in [3.63, 3.8) is 0 Å².